The van der Waals surface area contributed by atoms with Crippen LogP contribution in [0, 0.1) is 5.41 Å². The van der Waals surface area contributed by atoms with Gasteiger partial charge in [0.15, 0.2) is 0 Å². The van der Waals surface area contributed by atoms with E-state index in [4.69, 9.17) is 22.1 Å². The molecule has 0 spiro atoms. The molecule has 1 fully saturated rings. The lowest BCUT2D eigenvalue weighted by Crippen LogP contribution is -2.49. The first-order valence-corrected chi connectivity index (χ1v) is 6.57. The van der Waals surface area contributed by atoms with Crippen LogP contribution in [0.2, 0.25) is 4.34 Å². The largest absolute Gasteiger partial charge is 0.379 e. The van der Waals surface area contributed by atoms with E-state index >= 15 is 0 Å². The van der Waals surface area contributed by atoms with Gasteiger partial charge in [-0.15, -0.1) is 11.3 Å². The standard InChI is InChI=1S/C11H15ClN2O2S/c1-11(6-16-5-8(11)13)10(15)14-4-7-2-3-9(12)17-7/h2-3,8H,4-6,13H2,1H3,(H,14,15). The molecule has 4 nitrogen and oxygen atoms in total. The Bertz CT molecular complexity index is 423. The molecule has 1 aliphatic rings. The van der Waals surface area contributed by atoms with Gasteiger partial charge in [-0.1, -0.05) is 11.6 Å². The number of hydrogen-bond acceptors (Lipinski definition) is 4. The van der Waals surface area contributed by atoms with Crippen molar-refractivity contribution in [3.63, 3.8) is 0 Å². The van der Waals surface area contributed by atoms with Crippen LogP contribution in [0.25, 0.3) is 0 Å². The Morgan fingerprint density at radius 1 is 1.76 bits per heavy atom. The fourth-order valence-electron chi connectivity index (χ4n) is 1.74. The van der Waals surface area contributed by atoms with Gasteiger partial charge in [-0.3, -0.25) is 4.79 Å². The molecule has 1 saturated heterocycles. The van der Waals surface area contributed by atoms with Crippen LogP contribution >= 0.6 is 22.9 Å². The SMILES string of the molecule is CC1(C(=O)NCc2ccc(Cl)s2)COCC1N. The van der Waals surface area contributed by atoms with Gasteiger partial charge in [-0.05, 0) is 19.1 Å². The van der Waals surface area contributed by atoms with Gasteiger partial charge in [0, 0.05) is 10.9 Å². The zero-order chi connectivity index (χ0) is 12.5. The third kappa shape index (κ3) is 2.63. The Hall–Kier alpha value is -0.620. The summed E-state index contributed by atoms with van der Waals surface area (Å²) in [6.45, 7) is 3.14. The molecule has 0 bridgehead atoms. The van der Waals surface area contributed by atoms with Gasteiger partial charge < -0.3 is 15.8 Å². The van der Waals surface area contributed by atoms with Gasteiger partial charge in [0.05, 0.1) is 29.5 Å². The van der Waals surface area contributed by atoms with E-state index in [9.17, 15) is 4.79 Å². The summed E-state index contributed by atoms with van der Waals surface area (Å²) in [5, 5.41) is 2.88. The molecule has 6 heteroatoms. The maximum absolute atomic E-state index is 12.1. The molecule has 2 atom stereocenters. The van der Waals surface area contributed by atoms with Crippen molar-refractivity contribution < 1.29 is 9.53 Å². The van der Waals surface area contributed by atoms with Crippen LogP contribution in [-0.4, -0.2) is 25.2 Å². The topological polar surface area (TPSA) is 64.3 Å². The van der Waals surface area contributed by atoms with E-state index < -0.39 is 5.41 Å². The van der Waals surface area contributed by atoms with Crippen molar-refractivity contribution >= 4 is 28.8 Å². The van der Waals surface area contributed by atoms with E-state index in [-0.39, 0.29) is 11.9 Å². The molecule has 0 radical (unpaired) electrons. The molecule has 0 aliphatic carbocycles. The normalized spacial score (nSPS) is 28.3. The predicted octanol–water partition coefficient (Wildman–Crippen LogP) is 1.38. The Kier molecular flexibility index (Phi) is 3.73. The molecule has 1 aromatic rings. The van der Waals surface area contributed by atoms with Crippen molar-refractivity contribution in [3.8, 4) is 0 Å². The molecule has 1 aromatic heterocycles. The first kappa shape index (κ1) is 12.8. The van der Waals surface area contributed by atoms with Crippen LogP contribution in [0.3, 0.4) is 0 Å². The molecular weight excluding hydrogens is 260 g/mol. The van der Waals surface area contributed by atoms with Gasteiger partial charge in [0.2, 0.25) is 5.91 Å². The Balaban J connectivity index is 1.93. The first-order valence-electron chi connectivity index (χ1n) is 5.38. The highest BCUT2D eigenvalue weighted by atomic mass is 35.5. The molecular formula is C11H15ClN2O2S. The molecule has 1 amide bonds. The predicted molar refractivity (Wildman–Crippen MR) is 68.1 cm³/mol. The van der Waals surface area contributed by atoms with E-state index in [0.29, 0.717) is 19.8 Å². The Labute approximate surface area is 109 Å². The van der Waals surface area contributed by atoms with E-state index in [1.54, 1.807) is 0 Å². The number of nitrogens with one attached hydrogen (secondary N) is 1. The number of nitrogens with two attached hydrogens (primary N) is 1. The second-order valence-electron chi connectivity index (χ2n) is 4.43. The highest BCUT2D eigenvalue weighted by molar-refractivity contribution is 7.16. The van der Waals surface area contributed by atoms with Crippen LogP contribution in [-0.2, 0) is 16.1 Å². The fraction of sp³-hybridized carbons (Fsp3) is 0.545. The second kappa shape index (κ2) is 4.94. The summed E-state index contributed by atoms with van der Waals surface area (Å²) in [5.41, 5.74) is 5.26. The van der Waals surface area contributed by atoms with Crippen LogP contribution < -0.4 is 11.1 Å². The fourth-order valence-corrected chi connectivity index (χ4v) is 2.77. The zero-order valence-corrected chi connectivity index (χ0v) is 11.1. The van der Waals surface area contributed by atoms with Gasteiger partial charge in [0.25, 0.3) is 0 Å². The summed E-state index contributed by atoms with van der Waals surface area (Å²) in [7, 11) is 0. The minimum atomic E-state index is -0.624. The van der Waals surface area contributed by atoms with Crippen molar-refractivity contribution in [2.24, 2.45) is 11.1 Å². The lowest BCUT2D eigenvalue weighted by atomic mass is 9.85. The Morgan fingerprint density at radius 2 is 2.53 bits per heavy atom. The van der Waals surface area contributed by atoms with Crippen LogP contribution in [0.4, 0.5) is 0 Å². The minimum Gasteiger partial charge on any atom is -0.379 e. The summed E-state index contributed by atoms with van der Waals surface area (Å²) < 4.78 is 5.97. The van der Waals surface area contributed by atoms with Crippen LogP contribution in [0.15, 0.2) is 12.1 Å². The monoisotopic (exact) mass is 274 g/mol. The van der Waals surface area contributed by atoms with Gasteiger partial charge in [-0.25, -0.2) is 0 Å². The molecule has 0 aromatic carbocycles. The highest BCUT2D eigenvalue weighted by Gasteiger charge is 2.44. The number of thiophene rings is 1. The van der Waals surface area contributed by atoms with Crippen molar-refractivity contribution in [3.05, 3.63) is 21.3 Å². The van der Waals surface area contributed by atoms with Gasteiger partial charge in [0.1, 0.15) is 0 Å². The van der Waals surface area contributed by atoms with Crippen LogP contribution in [0.5, 0.6) is 0 Å². The van der Waals surface area contributed by atoms with Crippen LogP contribution in [0.1, 0.15) is 11.8 Å². The maximum Gasteiger partial charge on any atom is 0.230 e. The number of amides is 1. The maximum atomic E-state index is 12.1. The van der Waals surface area contributed by atoms with E-state index in [0.717, 1.165) is 9.21 Å². The van der Waals surface area contributed by atoms with Crippen molar-refractivity contribution in [1.82, 2.24) is 5.32 Å². The Morgan fingerprint density at radius 3 is 3.06 bits per heavy atom. The molecule has 94 valence electrons. The van der Waals surface area contributed by atoms with Gasteiger partial charge >= 0.3 is 0 Å². The first-order chi connectivity index (χ1) is 8.02. The molecule has 2 unspecified atom stereocenters. The van der Waals surface area contributed by atoms with Gasteiger partial charge in [-0.2, -0.15) is 0 Å². The molecule has 2 rings (SSSR count). The lowest BCUT2D eigenvalue weighted by molar-refractivity contribution is -0.130. The summed E-state index contributed by atoms with van der Waals surface area (Å²) in [6.07, 6.45) is 0. The van der Waals surface area contributed by atoms with Crippen molar-refractivity contribution in [2.45, 2.75) is 19.5 Å². The summed E-state index contributed by atoms with van der Waals surface area (Å²) >= 11 is 7.28. The number of carbonyl (C=O) groups is 1. The average Bonchev–Trinajstić information content (AvgIpc) is 2.84. The molecule has 0 saturated carbocycles. The van der Waals surface area contributed by atoms with E-state index in [2.05, 4.69) is 5.32 Å². The third-order valence-corrected chi connectivity index (χ3v) is 4.32. The van der Waals surface area contributed by atoms with E-state index in [1.807, 2.05) is 19.1 Å². The third-order valence-electron chi connectivity index (χ3n) is 3.09. The number of carbonyl (C=O) groups excluding carboxylic acids is 1. The second-order valence-corrected chi connectivity index (χ2v) is 6.23. The molecule has 3 N–H and O–H groups in total. The highest BCUT2D eigenvalue weighted by Crippen LogP contribution is 2.27. The zero-order valence-electron chi connectivity index (χ0n) is 9.53. The number of rotatable bonds is 3. The lowest BCUT2D eigenvalue weighted by Gasteiger charge is -2.25. The summed E-state index contributed by atoms with van der Waals surface area (Å²) in [5.74, 6) is -0.0629. The quantitative estimate of drug-likeness (QED) is 0.875. The van der Waals surface area contributed by atoms with Crippen molar-refractivity contribution in [2.75, 3.05) is 13.2 Å². The number of hydrogen-bond donors (Lipinski definition) is 2. The summed E-state index contributed by atoms with van der Waals surface area (Å²) in [4.78, 5) is 13.1. The van der Waals surface area contributed by atoms with E-state index in [1.165, 1.54) is 11.3 Å². The number of ether oxygens (including phenoxy) is 1. The van der Waals surface area contributed by atoms with Crippen molar-refractivity contribution in [1.29, 1.82) is 0 Å². The summed E-state index contributed by atoms with van der Waals surface area (Å²) in [6, 6.07) is 3.48. The molecule has 17 heavy (non-hydrogen) atoms. The molecule has 2 heterocycles. The molecule has 1 aliphatic heterocycles. The number of halogens is 1. The minimum absolute atomic E-state index is 0.0629. The average molecular weight is 275 g/mol. The smallest absolute Gasteiger partial charge is 0.230 e.